The molecule has 152 valence electrons. The third-order valence-corrected chi connectivity index (χ3v) is 6.53. The number of nitrogens with zero attached hydrogens (tertiary/aromatic N) is 1. The van der Waals surface area contributed by atoms with Crippen LogP contribution in [0.2, 0.25) is 0 Å². The van der Waals surface area contributed by atoms with Gasteiger partial charge in [-0.2, -0.15) is 0 Å². The van der Waals surface area contributed by atoms with Crippen LogP contribution in [0.25, 0.3) is 0 Å². The van der Waals surface area contributed by atoms with Crippen molar-refractivity contribution in [2.45, 2.75) is 63.8 Å². The molecule has 1 aromatic carbocycles. The molecule has 6 heteroatoms. The summed E-state index contributed by atoms with van der Waals surface area (Å²) in [5.74, 6) is 0.667. The van der Waals surface area contributed by atoms with Gasteiger partial charge in [0.15, 0.2) is 0 Å². The van der Waals surface area contributed by atoms with Crippen LogP contribution in [0.5, 0.6) is 5.75 Å². The van der Waals surface area contributed by atoms with E-state index in [1.165, 1.54) is 0 Å². The van der Waals surface area contributed by atoms with Crippen molar-refractivity contribution in [3.8, 4) is 5.75 Å². The summed E-state index contributed by atoms with van der Waals surface area (Å²) in [4.78, 5) is 25.1. The second kappa shape index (κ2) is 7.39. The van der Waals surface area contributed by atoms with E-state index >= 15 is 0 Å². The molecular weight excluding hydrogens is 358 g/mol. The lowest BCUT2D eigenvalue weighted by Crippen LogP contribution is -2.55. The highest BCUT2D eigenvalue weighted by atomic mass is 16.5. The van der Waals surface area contributed by atoms with Crippen molar-refractivity contribution in [3.05, 3.63) is 29.8 Å². The first-order chi connectivity index (χ1) is 13.3. The zero-order chi connectivity index (χ0) is 19.9. The van der Waals surface area contributed by atoms with Gasteiger partial charge in [-0.05, 0) is 39.2 Å². The highest BCUT2D eigenvalue weighted by molar-refractivity contribution is 5.77. The number of carbonyl (C=O) groups excluding carboxylic acids is 1. The fraction of sp³-hybridized carbons (Fsp3) is 0.636. The number of carbonyl (C=O) groups is 2. The van der Waals surface area contributed by atoms with Gasteiger partial charge in [-0.1, -0.05) is 18.2 Å². The van der Waals surface area contributed by atoms with E-state index in [4.69, 9.17) is 14.6 Å². The van der Waals surface area contributed by atoms with E-state index in [9.17, 15) is 9.59 Å². The molecule has 0 aliphatic carbocycles. The Balaban J connectivity index is 1.45. The number of likely N-dealkylation sites (tertiary alicyclic amines) is 1. The molecular formula is C22H29NO5. The lowest BCUT2D eigenvalue weighted by atomic mass is 9.70. The molecule has 6 nitrogen and oxygen atoms in total. The maximum absolute atomic E-state index is 12.5. The van der Waals surface area contributed by atoms with Gasteiger partial charge in [0.1, 0.15) is 11.4 Å². The summed E-state index contributed by atoms with van der Waals surface area (Å²) in [6, 6.07) is 8.14. The van der Waals surface area contributed by atoms with E-state index in [0.29, 0.717) is 31.8 Å². The standard InChI is InChI=1S/C22H29NO5/c1-22(2)16-12-14-13-23(19(24)8-5-9-20(25)26)11-10-17(14)27-21(16)15-6-3-4-7-18(15)28-22/h3-4,6-7,14,16-17,21H,5,8-13H2,1-2H3,(H,25,26)/t14-,16+,17+,21-/m1/s1. The highest BCUT2D eigenvalue weighted by Gasteiger charge is 2.51. The monoisotopic (exact) mass is 387 g/mol. The average Bonchev–Trinajstić information content (AvgIpc) is 2.66. The van der Waals surface area contributed by atoms with Gasteiger partial charge in [-0.3, -0.25) is 9.59 Å². The average molecular weight is 387 g/mol. The number of carboxylic acids is 1. The summed E-state index contributed by atoms with van der Waals surface area (Å²) in [7, 11) is 0. The fourth-order valence-corrected chi connectivity index (χ4v) is 5.03. The predicted molar refractivity (Wildman–Crippen MR) is 103 cm³/mol. The number of hydrogen-bond donors (Lipinski definition) is 1. The molecule has 1 amide bonds. The smallest absolute Gasteiger partial charge is 0.303 e. The van der Waals surface area contributed by atoms with Crippen molar-refractivity contribution in [2.75, 3.05) is 13.1 Å². The third kappa shape index (κ3) is 3.62. The van der Waals surface area contributed by atoms with E-state index in [0.717, 1.165) is 24.2 Å². The Labute approximate surface area is 165 Å². The van der Waals surface area contributed by atoms with Crippen molar-refractivity contribution in [1.82, 2.24) is 4.90 Å². The first kappa shape index (κ1) is 19.2. The minimum Gasteiger partial charge on any atom is -0.487 e. The Bertz CT molecular complexity index is 761. The Morgan fingerprint density at radius 1 is 1.25 bits per heavy atom. The molecule has 0 radical (unpaired) electrons. The molecule has 2 fully saturated rings. The van der Waals surface area contributed by atoms with Crippen LogP contribution in [-0.2, 0) is 14.3 Å². The zero-order valence-electron chi connectivity index (χ0n) is 16.6. The SMILES string of the molecule is CC1(C)Oc2ccccc2[C@H]2O[C@H]3CCN(C(=O)CCCC(=O)O)C[C@H]3C[C@@H]21. The fourth-order valence-electron chi connectivity index (χ4n) is 5.03. The lowest BCUT2D eigenvalue weighted by Gasteiger charge is -2.53. The van der Waals surface area contributed by atoms with Crippen LogP contribution < -0.4 is 4.74 Å². The Hall–Kier alpha value is -2.08. The molecule has 3 aliphatic heterocycles. The van der Waals surface area contributed by atoms with Gasteiger partial charge in [0.25, 0.3) is 0 Å². The van der Waals surface area contributed by atoms with Gasteiger partial charge < -0.3 is 19.5 Å². The van der Waals surface area contributed by atoms with Crippen LogP contribution in [0, 0.1) is 11.8 Å². The number of rotatable bonds is 4. The van der Waals surface area contributed by atoms with Crippen LogP contribution in [0.4, 0.5) is 0 Å². The van der Waals surface area contributed by atoms with E-state index in [-0.39, 0.29) is 36.1 Å². The minimum atomic E-state index is -0.849. The molecule has 0 aromatic heterocycles. The van der Waals surface area contributed by atoms with E-state index in [2.05, 4.69) is 19.9 Å². The van der Waals surface area contributed by atoms with Gasteiger partial charge in [0.2, 0.25) is 5.91 Å². The molecule has 0 spiro atoms. The maximum atomic E-state index is 12.5. The summed E-state index contributed by atoms with van der Waals surface area (Å²) in [6.07, 6.45) is 2.75. The van der Waals surface area contributed by atoms with E-state index in [1.807, 2.05) is 23.1 Å². The van der Waals surface area contributed by atoms with Crippen molar-refractivity contribution in [1.29, 1.82) is 0 Å². The Kier molecular flexibility index (Phi) is 5.08. The molecule has 0 bridgehead atoms. The number of amides is 1. The molecule has 4 atom stereocenters. The molecule has 1 N–H and O–H groups in total. The van der Waals surface area contributed by atoms with Gasteiger partial charge in [0, 0.05) is 43.3 Å². The number of piperidine rings is 1. The number of fused-ring (bicyclic) bond motifs is 4. The van der Waals surface area contributed by atoms with Gasteiger partial charge in [-0.25, -0.2) is 0 Å². The van der Waals surface area contributed by atoms with Crippen LogP contribution in [0.3, 0.4) is 0 Å². The van der Waals surface area contributed by atoms with Crippen LogP contribution in [0.1, 0.15) is 57.6 Å². The first-order valence-corrected chi connectivity index (χ1v) is 10.3. The van der Waals surface area contributed by atoms with Gasteiger partial charge >= 0.3 is 5.97 Å². The maximum Gasteiger partial charge on any atom is 0.303 e. The molecule has 2 saturated heterocycles. The van der Waals surface area contributed by atoms with E-state index in [1.54, 1.807) is 0 Å². The Morgan fingerprint density at radius 3 is 2.82 bits per heavy atom. The summed E-state index contributed by atoms with van der Waals surface area (Å²) in [6.45, 7) is 5.63. The zero-order valence-corrected chi connectivity index (χ0v) is 16.6. The van der Waals surface area contributed by atoms with Crippen LogP contribution in [0.15, 0.2) is 24.3 Å². The summed E-state index contributed by atoms with van der Waals surface area (Å²) >= 11 is 0. The molecule has 28 heavy (non-hydrogen) atoms. The van der Waals surface area contributed by atoms with Crippen LogP contribution >= 0.6 is 0 Å². The minimum absolute atomic E-state index is 0.0408. The van der Waals surface area contributed by atoms with E-state index < -0.39 is 5.97 Å². The second-order valence-electron chi connectivity index (χ2n) is 8.82. The largest absolute Gasteiger partial charge is 0.487 e. The second-order valence-corrected chi connectivity index (χ2v) is 8.82. The first-order valence-electron chi connectivity index (χ1n) is 10.3. The summed E-state index contributed by atoms with van der Waals surface area (Å²) in [5.41, 5.74) is 0.815. The van der Waals surface area contributed by atoms with Crippen molar-refractivity contribution in [3.63, 3.8) is 0 Å². The van der Waals surface area contributed by atoms with Crippen molar-refractivity contribution < 1.29 is 24.2 Å². The molecule has 4 rings (SSSR count). The van der Waals surface area contributed by atoms with Crippen molar-refractivity contribution >= 4 is 11.9 Å². The number of carboxylic acid groups (broad SMARTS) is 1. The molecule has 3 heterocycles. The third-order valence-electron chi connectivity index (χ3n) is 6.53. The van der Waals surface area contributed by atoms with Gasteiger partial charge in [-0.15, -0.1) is 0 Å². The normalized spacial score (nSPS) is 30.4. The quantitative estimate of drug-likeness (QED) is 0.857. The topological polar surface area (TPSA) is 76.1 Å². The number of aliphatic carboxylic acids is 1. The number of benzene rings is 1. The summed E-state index contributed by atoms with van der Waals surface area (Å²) in [5, 5.41) is 8.77. The van der Waals surface area contributed by atoms with Crippen LogP contribution in [-0.4, -0.2) is 46.7 Å². The predicted octanol–water partition coefficient (Wildman–Crippen LogP) is 3.41. The summed E-state index contributed by atoms with van der Waals surface area (Å²) < 4.78 is 12.9. The molecule has 0 unspecified atom stereocenters. The molecule has 0 saturated carbocycles. The molecule has 3 aliphatic rings. The van der Waals surface area contributed by atoms with Gasteiger partial charge in [0.05, 0.1) is 12.2 Å². The highest BCUT2D eigenvalue weighted by Crippen LogP contribution is 2.52. The van der Waals surface area contributed by atoms with Crippen molar-refractivity contribution in [2.24, 2.45) is 11.8 Å². The number of para-hydroxylation sites is 1. The Morgan fingerprint density at radius 2 is 2.04 bits per heavy atom. The number of ether oxygens (including phenoxy) is 2. The molecule has 1 aromatic rings. The number of hydrogen-bond acceptors (Lipinski definition) is 4. The lowest BCUT2D eigenvalue weighted by molar-refractivity contribution is -0.188.